The number of fused-ring (bicyclic) bond motifs is 1. The Hall–Kier alpha value is -1.63. The Kier molecular flexibility index (Phi) is 3.51. The van der Waals surface area contributed by atoms with E-state index in [1.165, 1.54) is 0 Å². The smallest absolute Gasteiger partial charge is 0.240 e. The lowest BCUT2D eigenvalue weighted by Gasteiger charge is -2.05. The summed E-state index contributed by atoms with van der Waals surface area (Å²) >= 11 is 5.24. The standard InChI is InChI=1S/C11H17N5OS/c1-4-5-12-8(17)6-16-10-9(13-11(16)18)7(2)14-15(10)3/h4-6H2,1-3H3,(H,12,17)(H,13,18). The second kappa shape index (κ2) is 4.93. The lowest BCUT2D eigenvalue weighted by atomic mass is 10.4. The molecule has 6 nitrogen and oxygen atoms in total. The summed E-state index contributed by atoms with van der Waals surface area (Å²) in [6.07, 6.45) is 0.921. The van der Waals surface area contributed by atoms with Gasteiger partial charge in [0.25, 0.3) is 0 Å². The van der Waals surface area contributed by atoms with E-state index < -0.39 is 0 Å². The molecule has 1 amide bonds. The van der Waals surface area contributed by atoms with Crippen LogP contribution in [0.5, 0.6) is 0 Å². The fourth-order valence-corrected chi connectivity index (χ4v) is 2.24. The van der Waals surface area contributed by atoms with Crippen molar-refractivity contribution in [1.29, 1.82) is 0 Å². The van der Waals surface area contributed by atoms with Crippen molar-refractivity contribution in [2.45, 2.75) is 26.8 Å². The van der Waals surface area contributed by atoms with E-state index in [4.69, 9.17) is 12.2 Å². The highest BCUT2D eigenvalue weighted by Crippen LogP contribution is 2.16. The third kappa shape index (κ3) is 2.17. The molecular weight excluding hydrogens is 250 g/mol. The molecule has 0 aromatic carbocycles. The van der Waals surface area contributed by atoms with E-state index in [0.29, 0.717) is 11.3 Å². The fourth-order valence-electron chi connectivity index (χ4n) is 1.98. The normalized spacial score (nSPS) is 11.1. The molecule has 18 heavy (non-hydrogen) atoms. The molecule has 0 radical (unpaired) electrons. The van der Waals surface area contributed by atoms with Crippen molar-refractivity contribution in [2.24, 2.45) is 7.05 Å². The molecule has 7 heteroatoms. The topological polar surface area (TPSA) is 67.6 Å². The molecule has 0 saturated heterocycles. The summed E-state index contributed by atoms with van der Waals surface area (Å²) in [6, 6.07) is 0. The van der Waals surface area contributed by atoms with Crippen LogP contribution in [0.4, 0.5) is 0 Å². The highest BCUT2D eigenvalue weighted by Gasteiger charge is 2.14. The molecule has 2 rings (SSSR count). The number of hydrogen-bond donors (Lipinski definition) is 2. The highest BCUT2D eigenvalue weighted by atomic mass is 32.1. The van der Waals surface area contributed by atoms with Crippen molar-refractivity contribution < 1.29 is 4.79 Å². The van der Waals surface area contributed by atoms with Gasteiger partial charge in [-0.3, -0.25) is 14.0 Å². The molecule has 2 aromatic heterocycles. The summed E-state index contributed by atoms with van der Waals surface area (Å²) in [5.74, 6) is -0.0345. The fraction of sp³-hybridized carbons (Fsp3) is 0.545. The minimum absolute atomic E-state index is 0.0345. The number of amides is 1. The summed E-state index contributed by atoms with van der Waals surface area (Å²) in [6.45, 7) is 4.84. The van der Waals surface area contributed by atoms with Crippen LogP contribution in [0, 0.1) is 11.7 Å². The maximum absolute atomic E-state index is 11.8. The Morgan fingerprint density at radius 3 is 2.94 bits per heavy atom. The van der Waals surface area contributed by atoms with Crippen LogP contribution >= 0.6 is 12.2 Å². The SMILES string of the molecule is CCCNC(=O)Cn1c(=S)[nH]c2c(C)nn(C)c21. The maximum atomic E-state index is 11.8. The minimum atomic E-state index is -0.0345. The molecule has 0 spiro atoms. The van der Waals surface area contributed by atoms with Crippen molar-refractivity contribution in [1.82, 2.24) is 24.6 Å². The zero-order valence-electron chi connectivity index (χ0n) is 10.8. The van der Waals surface area contributed by atoms with Crippen LogP contribution in [0.1, 0.15) is 19.0 Å². The number of carbonyl (C=O) groups excluding carboxylic acids is 1. The van der Waals surface area contributed by atoms with E-state index in [-0.39, 0.29) is 12.5 Å². The van der Waals surface area contributed by atoms with E-state index >= 15 is 0 Å². The van der Waals surface area contributed by atoms with Gasteiger partial charge in [-0.15, -0.1) is 0 Å². The molecule has 2 aromatic rings. The molecule has 0 bridgehead atoms. The van der Waals surface area contributed by atoms with E-state index in [0.717, 1.165) is 23.3 Å². The number of aryl methyl sites for hydroxylation is 2. The lowest BCUT2D eigenvalue weighted by molar-refractivity contribution is -0.121. The van der Waals surface area contributed by atoms with Crippen LogP contribution in [0.25, 0.3) is 11.2 Å². The quantitative estimate of drug-likeness (QED) is 0.820. The molecular formula is C11H17N5OS. The van der Waals surface area contributed by atoms with Gasteiger partial charge in [0.1, 0.15) is 12.1 Å². The average Bonchev–Trinajstić information content (AvgIpc) is 2.77. The van der Waals surface area contributed by atoms with Crippen molar-refractivity contribution in [3.8, 4) is 0 Å². The number of aromatic nitrogens is 4. The van der Waals surface area contributed by atoms with Gasteiger partial charge in [0.05, 0.1) is 5.69 Å². The summed E-state index contributed by atoms with van der Waals surface area (Å²) < 4.78 is 4.06. The molecule has 0 fully saturated rings. The number of H-pyrrole nitrogens is 1. The van der Waals surface area contributed by atoms with Gasteiger partial charge in [-0.25, -0.2) is 0 Å². The number of nitrogens with one attached hydrogen (secondary N) is 2. The largest absolute Gasteiger partial charge is 0.355 e. The van der Waals surface area contributed by atoms with Gasteiger partial charge >= 0.3 is 0 Å². The minimum Gasteiger partial charge on any atom is -0.355 e. The van der Waals surface area contributed by atoms with Crippen LogP contribution in [0.3, 0.4) is 0 Å². The van der Waals surface area contributed by atoms with Crippen LogP contribution in [0.2, 0.25) is 0 Å². The summed E-state index contributed by atoms with van der Waals surface area (Å²) in [5.41, 5.74) is 2.63. The van der Waals surface area contributed by atoms with Gasteiger partial charge in [0.15, 0.2) is 10.4 Å². The molecule has 2 N–H and O–H groups in total. The average molecular weight is 267 g/mol. The van der Waals surface area contributed by atoms with E-state index in [1.807, 2.05) is 20.9 Å². The predicted octanol–water partition coefficient (Wildman–Crippen LogP) is 1.27. The third-order valence-corrected chi connectivity index (χ3v) is 3.12. The number of hydrogen-bond acceptors (Lipinski definition) is 3. The second-order valence-electron chi connectivity index (χ2n) is 4.27. The first-order valence-electron chi connectivity index (χ1n) is 5.93. The molecule has 0 aliphatic carbocycles. The van der Waals surface area contributed by atoms with Crippen LogP contribution in [-0.4, -0.2) is 31.8 Å². The highest BCUT2D eigenvalue weighted by molar-refractivity contribution is 7.71. The Labute approximate surface area is 110 Å². The molecule has 0 aliphatic heterocycles. The van der Waals surface area contributed by atoms with Gasteiger partial charge in [-0.05, 0) is 25.6 Å². The molecule has 98 valence electrons. The predicted molar refractivity (Wildman–Crippen MR) is 71.9 cm³/mol. The number of carbonyl (C=O) groups is 1. The van der Waals surface area contributed by atoms with Crippen molar-refractivity contribution >= 4 is 29.3 Å². The molecule has 0 atom stereocenters. The number of rotatable bonds is 4. The Morgan fingerprint density at radius 2 is 2.28 bits per heavy atom. The van der Waals surface area contributed by atoms with Crippen LogP contribution < -0.4 is 5.32 Å². The first kappa shape index (κ1) is 12.8. The maximum Gasteiger partial charge on any atom is 0.240 e. The van der Waals surface area contributed by atoms with Crippen molar-refractivity contribution in [2.75, 3.05) is 6.54 Å². The Morgan fingerprint density at radius 1 is 1.56 bits per heavy atom. The van der Waals surface area contributed by atoms with Gasteiger partial charge < -0.3 is 10.3 Å². The summed E-state index contributed by atoms with van der Waals surface area (Å²) in [4.78, 5) is 14.9. The molecule has 0 aliphatic rings. The Bertz CT molecular complexity index is 636. The third-order valence-electron chi connectivity index (χ3n) is 2.80. The number of nitrogens with zero attached hydrogens (tertiary/aromatic N) is 3. The zero-order chi connectivity index (χ0) is 13.3. The number of aromatic amines is 1. The monoisotopic (exact) mass is 267 g/mol. The van der Waals surface area contributed by atoms with E-state index in [2.05, 4.69) is 15.4 Å². The lowest BCUT2D eigenvalue weighted by Crippen LogP contribution is -2.28. The van der Waals surface area contributed by atoms with Crippen LogP contribution in [-0.2, 0) is 18.4 Å². The Balaban J connectivity index is 2.36. The zero-order valence-corrected chi connectivity index (χ0v) is 11.6. The first-order chi connectivity index (χ1) is 8.54. The van der Waals surface area contributed by atoms with Gasteiger partial charge in [-0.2, -0.15) is 5.10 Å². The van der Waals surface area contributed by atoms with Gasteiger partial charge in [-0.1, -0.05) is 6.92 Å². The second-order valence-corrected chi connectivity index (χ2v) is 4.66. The molecule has 0 unspecified atom stereocenters. The van der Waals surface area contributed by atoms with Crippen LogP contribution in [0.15, 0.2) is 0 Å². The van der Waals surface area contributed by atoms with E-state index in [1.54, 1.807) is 9.25 Å². The number of imidazole rings is 1. The van der Waals surface area contributed by atoms with E-state index in [9.17, 15) is 4.79 Å². The molecule has 2 heterocycles. The van der Waals surface area contributed by atoms with Gasteiger partial charge in [0, 0.05) is 13.6 Å². The molecule has 0 saturated carbocycles. The first-order valence-corrected chi connectivity index (χ1v) is 6.34. The summed E-state index contributed by atoms with van der Waals surface area (Å²) in [7, 11) is 1.85. The van der Waals surface area contributed by atoms with Gasteiger partial charge in [0.2, 0.25) is 5.91 Å². The van der Waals surface area contributed by atoms with Crippen molar-refractivity contribution in [3.05, 3.63) is 10.5 Å². The summed E-state index contributed by atoms with van der Waals surface area (Å²) in [5, 5.41) is 7.15. The van der Waals surface area contributed by atoms with Crippen molar-refractivity contribution in [3.63, 3.8) is 0 Å².